The molecular formula is C14H18N8S. The molecule has 8 nitrogen and oxygen atoms in total. The van der Waals surface area contributed by atoms with Gasteiger partial charge in [0.1, 0.15) is 12.1 Å². The van der Waals surface area contributed by atoms with Gasteiger partial charge < -0.3 is 4.90 Å². The zero-order chi connectivity index (χ0) is 15.8. The second-order valence-electron chi connectivity index (χ2n) is 5.77. The largest absolute Gasteiger partial charge is 0.354 e. The average molecular weight is 330 g/mol. The van der Waals surface area contributed by atoms with E-state index in [0.29, 0.717) is 5.78 Å². The van der Waals surface area contributed by atoms with Crippen molar-refractivity contribution in [2.75, 3.05) is 31.1 Å². The predicted octanol–water partition coefficient (Wildman–Crippen LogP) is 0.915. The minimum atomic E-state index is 0.661. The zero-order valence-electron chi connectivity index (χ0n) is 13.2. The topological polar surface area (TPSA) is 75.3 Å². The third kappa shape index (κ3) is 2.77. The molecular weight excluding hydrogens is 312 g/mol. The van der Waals surface area contributed by atoms with Crippen LogP contribution < -0.4 is 4.90 Å². The first-order valence-electron chi connectivity index (χ1n) is 7.63. The van der Waals surface area contributed by atoms with Crippen LogP contribution in [0.4, 0.5) is 5.82 Å². The first-order valence-corrected chi connectivity index (χ1v) is 8.40. The molecule has 0 spiro atoms. The first-order chi connectivity index (χ1) is 11.2. The quantitative estimate of drug-likeness (QED) is 0.706. The molecule has 4 rings (SSSR count). The van der Waals surface area contributed by atoms with Crippen molar-refractivity contribution < 1.29 is 0 Å². The van der Waals surface area contributed by atoms with E-state index in [1.165, 1.54) is 16.4 Å². The number of hydrogen-bond acceptors (Lipinski definition) is 8. The summed E-state index contributed by atoms with van der Waals surface area (Å²) in [6.07, 6.45) is 1.56. The van der Waals surface area contributed by atoms with Crippen LogP contribution in [-0.4, -0.2) is 60.2 Å². The Labute approximate surface area is 137 Å². The van der Waals surface area contributed by atoms with Crippen LogP contribution in [0.3, 0.4) is 0 Å². The van der Waals surface area contributed by atoms with Gasteiger partial charge in [-0.3, -0.25) is 4.90 Å². The van der Waals surface area contributed by atoms with E-state index in [0.717, 1.165) is 49.9 Å². The van der Waals surface area contributed by atoms with Crippen LogP contribution in [0.2, 0.25) is 0 Å². The number of aryl methyl sites for hydroxylation is 2. The van der Waals surface area contributed by atoms with E-state index >= 15 is 0 Å². The molecule has 1 aliphatic rings. The fraction of sp³-hybridized carbons (Fsp3) is 0.500. The molecule has 9 heteroatoms. The molecule has 0 bridgehead atoms. The zero-order valence-corrected chi connectivity index (χ0v) is 14.0. The Kier molecular flexibility index (Phi) is 3.66. The summed E-state index contributed by atoms with van der Waals surface area (Å²) in [5.41, 5.74) is 2.01. The van der Waals surface area contributed by atoms with Crippen molar-refractivity contribution in [3.05, 3.63) is 28.7 Å². The molecule has 1 saturated heterocycles. The van der Waals surface area contributed by atoms with Crippen molar-refractivity contribution in [2.24, 2.45) is 0 Å². The van der Waals surface area contributed by atoms with Crippen LogP contribution in [0, 0.1) is 13.8 Å². The number of hydrogen-bond donors (Lipinski definition) is 0. The third-order valence-electron chi connectivity index (χ3n) is 4.17. The van der Waals surface area contributed by atoms with Gasteiger partial charge in [0.2, 0.25) is 0 Å². The van der Waals surface area contributed by atoms with E-state index in [4.69, 9.17) is 0 Å². The van der Waals surface area contributed by atoms with E-state index in [-0.39, 0.29) is 0 Å². The molecule has 0 saturated carbocycles. The number of piperazine rings is 1. The Morgan fingerprint density at radius 3 is 2.74 bits per heavy atom. The monoisotopic (exact) mass is 330 g/mol. The van der Waals surface area contributed by atoms with Crippen LogP contribution in [0.25, 0.3) is 5.78 Å². The summed E-state index contributed by atoms with van der Waals surface area (Å²) in [5.74, 6) is 1.73. The molecule has 0 aromatic carbocycles. The molecule has 1 aliphatic heterocycles. The molecule has 4 heterocycles. The molecule has 0 amide bonds. The Morgan fingerprint density at radius 2 is 2.00 bits per heavy atom. The minimum absolute atomic E-state index is 0.661. The average Bonchev–Trinajstić information content (AvgIpc) is 3.17. The normalized spacial score (nSPS) is 16.3. The number of rotatable bonds is 3. The second-order valence-corrected chi connectivity index (χ2v) is 6.61. The predicted molar refractivity (Wildman–Crippen MR) is 87.7 cm³/mol. The first kappa shape index (κ1) is 14.5. The van der Waals surface area contributed by atoms with Crippen LogP contribution in [0.1, 0.15) is 16.3 Å². The Bertz CT molecular complexity index is 817. The van der Waals surface area contributed by atoms with Gasteiger partial charge in [-0.25, -0.2) is 4.98 Å². The summed E-state index contributed by atoms with van der Waals surface area (Å²) < 4.78 is 5.84. The third-order valence-corrected chi connectivity index (χ3v) is 4.98. The van der Waals surface area contributed by atoms with E-state index in [1.54, 1.807) is 6.33 Å². The number of fused-ring (bicyclic) bond motifs is 1. The van der Waals surface area contributed by atoms with Crippen molar-refractivity contribution >= 4 is 23.1 Å². The number of nitrogens with zero attached hydrogens (tertiary/aromatic N) is 8. The van der Waals surface area contributed by atoms with Gasteiger partial charge in [-0.05, 0) is 25.4 Å². The summed E-state index contributed by atoms with van der Waals surface area (Å²) >= 11 is 1.50. The molecule has 1 fully saturated rings. The lowest BCUT2D eigenvalue weighted by Crippen LogP contribution is -2.46. The van der Waals surface area contributed by atoms with E-state index in [9.17, 15) is 0 Å². The van der Waals surface area contributed by atoms with Gasteiger partial charge in [0, 0.05) is 44.5 Å². The lowest BCUT2D eigenvalue weighted by atomic mass is 10.2. The highest BCUT2D eigenvalue weighted by Gasteiger charge is 2.21. The van der Waals surface area contributed by atoms with Crippen molar-refractivity contribution in [2.45, 2.75) is 20.4 Å². The van der Waals surface area contributed by atoms with Crippen molar-refractivity contribution in [1.82, 2.24) is 34.1 Å². The summed E-state index contributed by atoms with van der Waals surface area (Å²) in [4.78, 5) is 14.7. The summed E-state index contributed by atoms with van der Waals surface area (Å²) in [7, 11) is 0. The van der Waals surface area contributed by atoms with Crippen LogP contribution >= 0.6 is 11.5 Å². The molecule has 3 aromatic rings. The van der Waals surface area contributed by atoms with Crippen molar-refractivity contribution in [3.8, 4) is 0 Å². The lowest BCUT2D eigenvalue weighted by molar-refractivity contribution is 0.250. The van der Waals surface area contributed by atoms with Gasteiger partial charge in [-0.2, -0.15) is 14.6 Å². The molecule has 0 N–H and O–H groups in total. The van der Waals surface area contributed by atoms with E-state index in [1.807, 2.05) is 18.4 Å². The Morgan fingerprint density at radius 1 is 1.17 bits per heavy atom. The van der Waals surface area contributed by atoms with Gasteiger partial charge >= 0.3 is 0 Å². The smallest absolute Gasteiger partial charge is 0.254 e. The van der Waals surface area contributed by atoms with Gasteiger partial charge in [-0.1, -0.05) is 4.49 Å². The molecule has 120 valence electrons. The standard InChI is InChI=1S/C14H18N8S/c1-10-7-13(22-14(17-10)15-9-16-22)21-5-3-20(4-6-21)8-12-11(2)18-19-23-12/h7,9H,3-6,8H2,1-2H3. The fourth-order valence-electron chi connectivity index (χ4n) is 2.87. The van der Waals surface area contributed by atoms with E-state index < -0.39 is 0 Å². The summed E-state index contributed by atoms with van der Waals surface area (Å²) in [6.45, 7) is 8.90. The maximum Gasteiger partial charge on any atom is 0.254 e. The van der Waals surface area contributed by atoms with Crippen LogP contribution in [0.15, 0.2) is 12.4 Å². The minimum Gasteiger partial charge on any atom is -0.354 e. The molecule has 0 unspecified atom stereocenters. The van der Waals surface area contributed by atoms with E-state index in [2.05, 4.69) is 40.5 Å². The number of aromatic nitrogens is 6. The second kappa shape index (κ2) is 5.82. The van der Waals surface area contributed by atoms with Gasteiger partial charge in [-0.15, -0.1) is 5.10 Å². The Hall–Kier alpha value is -2.13. The van der Waals surface area contributed by atoms with Crippen LogP contribution in [0.5, 0.6) is 0 Å². The number of anilines is 1. The molecule has 3 aromatic heterocycles. The maximum atomic E-state index is 4.41. The highest BCUT2D eigenvalue weighted by Crippen LogP contribution is 2.19. The fourth-order valence-corrected chi connectivity index (χ4v) is 3.55. The van der Waals surface area contributed by atoms with Gasteiger partial charge in [0.15, 0.2) is 0 Å². The Balaban J connectivity index is 1.48. The molecule has 0 radical (unpaired) electrons. The maximum absolute atomic E-state index is 4.41. The van der Waals surface area contributed by atoms with Crippen molar-refractivity contribution in [3.63, 3.8) is 0 Å². The SMILES string of the molecule is Cc1cc(N2CCN(Cc3snnc3C)CC2)n2ncnc2n1. The molecule has 23 heavy (non-hydrogen) atoms. The highest BCUT2D eigenvalue weighted by atomic mass is 32.1. The lowest BCUT2D eigenvalue weighted by Gasteiger charge is -2.35. The van der Waals surface area contributed by atoms with Gasteiger partial charge in [0.25, 0.3) is 5.78 Å². The summed E-state index contributed by atoms with van der Waals surface area (Å²) in [5, 5.41) is 8.39. The highest BCUT2D eigenvalue weighted by molar-refractivity contribution is 7.05. The van der Waals surface area contributed by atoms with Crippen molar-refractivity contribution in [1.29, 1.82) is 0 Å². The molecule has 0 aliphatic carbocycles. The van der Waals surface area contributed by atoms with Crippen LogP contribution in [-0.2, 0) is 6.54 Å². The summed E-state index contributed by atoms with van der Waals surface area (Å²) in [6, 6.07) is 2.08. The molecule has 0 atom stereocenters. The van der Waals surface area contributed by atoms with Gasteiger partial charge in [0.05, 0.1) is 10.6 Å².